The largest absolute Gasteiger partial charge is 0.464 e. The molecule has 0 atom stereocenters. The van der Waals surface area contributed by atoms with E-state index in [0.29, 0.717) is 19.6 Å². The summed E-state index contributed by atoms with van der Waals surface area (Å²) >= 11 is 0. The Kier molecular flexibility index (Phi) is 8.30. The number of hydrogen-bond donors (Lipinski definition) is 1. The molecule has 6 heteroatoms. The molecule has 0 fully saturated rings. The third-order valence-electron chi connectivity index (χ3n) is 5.44. The Labute approximate surface area is 196 Å². The van der Waals surface area contributed by atoms with Gasteiger partial charge in [0.1, 0.15) is 18.1 Å². The lowest BCUT2D eigenvalue weighted by Crippen LogP contribution is -2.44. The molecule has 0 aliphatic rings. The lowest BCUT2D eigenvalue weighted by atomic mass is 10.1. The molecule has 3 amide bonds. The first kappa shape index (κ1) is 24.1. The molecule has 6 nitrogen and oxygen atoms in total. The highest BCUT2D eigenvalue weighted by Crippen LogP contribution is 2.18. The quantitative estimate of drug-likeness (QED) is 0.459. The van der Waals surface area contributed by atoms with Crippen LogP contribution in [0.3, 0.4) is 0 Å². The first-order chi connectivity index (χ1) is 15.9. The highest BCUT2D eigenvalue weighted by molar-refractivity contribution is 5.93. The monoisotopic (exact) mass is 447 g/mol. The summed E-state index contributed by atoms with van der Waals surface area (Å²) in [6.45, 7) is 9.13. The van der Waals surface area contributed by atoms with Gasteiger partial charge in [0.2, 0.25) is 5.91 Å². The van der Waals surface area contributed by atoms with E-state index >= 15 is 0 Å². The molecule has 0 saturated heterocycles. The molecule has 1 N–H and O–H groups in total. The molecule has 174 valence electrons. The number of amides is 3. The van der Waals surface area contributed by atoms with Gasteiger partial charge in [-0.05, 0) is 56.5 Å². The van der Waals surface area contributed by atoms with Gasteiger partial charge in [0, 0.05) is 18.8 Å². The minimum Gasteiger partial charge on any atom is -0.464 e. The van der Waals surface area contributed by atoms with Crippen LogP contribution in [-0.4, -0.2) is 34.8 Å². The van der Waals surface area contributed by atoms with E-state index in [1.165, 1.54) is 0 Å². The van der Waals surface area contributed by atoms with Gasteiger partial charge in [0.25, 0.3) is 0 Å². The summed E-state index contributed by atoms with van der Waals surface area (Å²) in [5, 5.41) is 2.97. The van der Waals surface area contributed by atoms with Crippen LogP contribution in [-0.2, 0) is 17.9 Å². The Balaban J connectivity index is 1.75. The molecule has 0 aliphatic heterocycles. The summed E-state index contributed by atoms with van der Waals surface area (Å²) in [6, 6.07) is 19.2. The average Bonchev–Trinajstić information content (AvgIpc) is 3.20. The van der Waals surface area contributed by atoms with Crippen molar-refractivity contribution in [3.63, 3.8) is 0 Å². The van der Waals surface area contributed by atoms with Crippen molar-refractivity contribution in [2.75, 3.05) is 18.4 Å². The molecule has 0 spiro atoms. The Morgan fingerprint density at radius 3 is 2.30 bits per heavy atom. The summed E-state index contributed by atoms with van der Waals surface area (Å²) in [5.41, 5.74) is 3.91. The lowest BCUT2D eigenvalue weighted by Gasteiger charge is -2.27. The fourth-order valence-electron chi connectivity index (χ4n) is 3.73. The van der Waals surface area contributed by atoms with Crippen LogP contribution in [0.25, 0.3) is 0 Å². The second-order valence-electron chi connectivity index (χ2n) is 8.42. The number of furan rings is 1. The lowest BCUT2D eigenvalue weighted by molar-refractivity contribution is -0.133. The molecule has 33 heavy (non-hydrogen) atoms. The number of benzene rings is 2. The van der Waals surface area contributed by atoms with Crippen molar-refractivity contribution < 1.29 is 14.0 Å². The SMILES string of the molecule is CCCN(CC(=O)N(Cc1ccccc1)Cc1ccc(C)o1)C(=O)Nc1ccc(C)cc1C. The molecule has 1 aromatic heterocycles. The zero-order chi connectivity index (χ0) is 23.8. The average molecular weight is 448 g/mol. The van der Waals surface area contributed by atoms with Gasteiger partial charge in [-0.2, -0.15) is 0 Å². The molecule has 0 bridgehead atoms. The highest BCUT2D eigenvalue weighted by Gasteiger charge is 2.22. The number of carbonyl (C=O) groups is 2. The molecule has 0 saturated carbocycles. The van der Waals surface area contributed by atoms with Crippen LogP contribution < -0.4 is 5.32 Å². The van der Waals surface area contributed by atoms with Crippen LogP contribution in [0.1, 0.15) is 41.6 Å². The zero-order valence-electron chi connectivity index (χ0n) is 19.9. The van der Waals surface area contributed by atoms with Gasteiger partial charge in [0.15, 0.2) is 0 Å². The number of nitrogens with zero attached hydrogens (tertiary/aromatic N) is 2. The first-order valence-corrected chi connectivity index (χ1v) is 11.4. The molecular weight excluding hydrogens is 414 g/mol. The summed E-state index contributed by atoms with van der Waals surface area (Å²) < 4.78 is 5.72. The Bertz CT molecular complexity index is 1080. The van der Waals surface area contributed by atoms with Gasteiger partial charge in [-0.3, -0.25) is 4.79 Å². The standard InChI is InChI=1S/C27H33N3O3/c1-5-15-29(27(32)28-25-14-11-20(2)16-21(25)3)19-26(31)30(17-23-9-7-6-8-10-23)18-24-13-12-22(4)33-24/h6-14,16H,5,15,17-19H2,1-4H3,(H,28,32). The highest BCUT2D eigenvalue weighted by atomic mass is 16.3. The van der Waals surface area contributed by atoms with E-state index in [-0.39, 0.29) is 18.5 Å². The van der Waals surface area contributed by atoms with Crippen LogP contribution in [0.2, 0.25) is 0 Å². The van der Waals surface area contributed by atoms with Crippen molar-refractivity contribution in [1.82, 2.24) is 9.80 Å². The van der Waals surface area contributed by atoms with E-state index in [1.54, 1.807) is 9.80 Å². The molecule has 0 radical (unpaired) electrons. The van der Waals surface area contributed by atoms with Gasteiger partial charge < -0.3 is 19.5 Å². The second-order valence-corrected chi connectivity index (χ2v) is 8.42. The van der Waals surface area contributed by atoms with Crippen LogP contribution in [0.4, 0.5) is 10.5 Å². The summed E-state index contributed by atoms with van der Waals surface area (Å²) in [7, 11) is 0. The second kappa shape index (κ2) is 11.4. The predicted octanol–water partition coefficient (Wildman–Crippen LogP) is 5.68. The third-order valence-corrected chi connectivity index (χ3v) is 5.44. The molecule has 0 unspecified atom stereocenters. The van der Waals surface area contributed by atoms with Gasteiger partial charge in [-0.1, -0.05) is 55.0 Å². The van der Waals surface area contributed by atoms with Gasteiger partial charge >= 0.3 is 6.03 Å². The maximum atomic E-state index is 13.4. The summed E-state index contributed by atoms with van der Waals surface area (Å²) in [4.78, 5) is 29.7. The van der Waals surface area contributed by atoms with Crippen molar-refractivity contribution in [2.45, 2.75) is 47.2 Å². The number of hydrogen-bond acceptors (Lipinski definition) is 3. The maximum Gasteiger partial charge on any atom is 0.322 e. The number of anilines is 1. The Hall–Kier alpha value is -3.54. The molecule has 2 aromatic carbocycles. The molecular formula is C27H33N3O3. The smallest absolute Gasteiger partial charge is 0.322 e. The van der Waals surface area contributed by atoms with Crippen molar-refractivity contribution in [3.8, 4) is 0 Å². The minimum absolute atomic E-state index is 0.00287. The van der Waals surface area contributed by atoms with E-state index in [1.807, 2.05) is 88.4 Å². The van der Waals surface area contributed by atoms with Crippen LogP contribution >= 0.6 is 0 Å². The van der Waals surface area contributed by atoms with Crippen molar-refractivity contribution in [1.29, 1.82) is 0 Å². The van der Waals surface area contributed by atoms with E-state index in [2.05, 4.69) is 5.32 Å². The van der Waals surface area contributed by atoms with Crippen molar-refractivity contribution >= 4 is 17.6 Å². The number of rotatable bonds is 9. The fourth-order valence-corrected chi connectivity index (χ4v) is 3.73. The molecule has 3 rings (SSSR count). The summed E-state index contributed by atoms with van der Waals surface area (Å²) in [5.74, 6) is 1.40. The number of urea groups is 1. The van der Waals surface area contributed by atoms with Gasteiger partial charge in [-0.25, -0.2) is 4.79 Å². The van der Waals surface area contributed by atoms with E-state index in [0.717, 1.165) is 40.3 Å². The van der Waals surface area contributed by atoms with Gasteiger partial charge in [0.05, 0.1) is 6.54 Å². The first-order valence-electron chi connectivity index (χ1n) is 11.4. The van der Waals surface area contributed by atoms with E-state index < -0.39 is 0 Å². The number of aryl methyl sites for hydroxylation is 3. The molecule has 3 aromatic rings. The van der Waals surface area contributed by atoms with Crippen LogP contribution in [0.15, 0.2) is 65.1 Å². The fraction of sp³-hybridized carbons (Fsp3) is 0.333. The Morgan fingerprint density at radius 2 is 1.67 bits per heavy atom. The predicted molar refractivity (Wildman–Crippen MR) is 131 cm³/mol. The van der Waals surface area contributed by atoms with Crippen LogP contribution in [0, 0.1) is 20.8 Å². The number of carbonyl (C=O) groups excluding carboxylic acids is 2. The normalized spacial score (nSPS) is 10.7. The zero-order valence-corrected chi connectivity index (χ0v) is 19.9. The van der Waals surface area contributed by atoms with E-state index in [9.17, 15) is 9.59 Å². The minimum atomic E-state index is -0.273. The van der Waals surface area contributed by atoms with Crippen molar-refractivity contribution in [3.05, 3.63) is 88.9 Å². The van der Waals surface area contributed by atoms with Crippen molar-refractivity contribution in [2.24, 2.45) is 0 Å². The maximum absolute atomic E-state index is 13.4. The number of nitrogens with one attached hydrogen (secondary N) is 1. The van der Waals surface area contributed by atoms with Crippen LogP contribution in [0.5, 0.6) is 0 Å². The van der Waals surface area contributed by atoms with E-state index in [4.69, 9.17) is 4.42 Å². The Morgan fingerprint density at radius 1 is 0.909 bits per heavy atom. The molecule has 1 heterocycles. The summed E-state index contributed by atoms with van der Waals surface area (Å²) in [6.07, 6.45) is 0.754. The van der Waals surface area contributed by atoms with Gasteiger partial charge in [-0.15, -0.1) is 0 Å². The third kappa shape index (κ3) is 6.97. The molecule has 0 aliphatic carbocycles. The topological polar surface area (TPSA) is 65.8 Å².